The highest BCUT2D eigenvalue weighted by molar-refractivity contribution is 5.77. The molecule has 0 aromatic carbocycles. The molecule has 2 amide bonds. The molecule has 0 saturated carbocycles. The third kappa shape index (κ3) is 2.94. The molecule has 5 nitrogen and oxygen atoms in total. The summed E-state index contributed by atoms with van der Waals surface area (Å²) in [6, 6.07) is 0. The van der Waals surface area contributed by atoms with E-state index in [1.54, 1.807) is 4.90 Å². The zero-order valence-corrected chi connectivity index (χ0v) is 11.4. The molecule has 1 spiro atoms. The quantitative estimate of drug-likeness (QED) is 0.713. The number of carbonyl (C=O) groups is 2. The maximum absolute atomic E-state index is 12.0. The molecule has 0 bridgehead atoms. The molecule has 1 N–H and O–H groups in total. The standard InChI is InChI=1S/C13H22N2O3/c1-12(2,3)18-11(17)15-7-6-13(9-15)5-4-10(16)14-8-13/h4-9H2,1-3H3,(H,14,16). The monoisotopic (exact) mass is 254 g/mol. The number of rotatable bonds is 0. The van der Waals surface area contributed by atoms with E-state index < -0.39 is 5.60 Å². The van der Waals surface area contributed by atoms with Crippen molar-refractivity contribution in [2.45, 2.75) is 45.6 Å². The number of likely N-dealkylation sites (tertiary alicyclic amines) is 1. The summed E-state index contributed by atoms with van der Waals surface area (Å²) in [7, 11) is 0. The van der Waals surface area contributed by atoms with Crippen molar-refractivity contribution in [2.75, 3.05) is 19.6 Å². The lowest BCUT2D eigenvalue weighted by atomic mass is 9.80. The maximum atomic E-state index is 12.0. The van der Waals surface area contributed by atoms with E-state index in [2.05, 4.69) is 5.32 Å². The van der Waals surface area contributed by atoms with Crippen LogP contribution in [-0.4, -0.2) is 42.1 Å². The lowest BCUT2D eigenvalue weighted by Gasteiger charge is -2.33. The van der Waals surface area contributed by atoms with E-state index in [0.29, 0.717) is 19.5 Å². The van der Waals surface area contributed by atoms with Crippen molar-refractivity contribution >= 4 is 12.0 Å². The first-order chi connectivity index (χ1) is 8.30. The highest BCUT2D eigenvalue weighted by Gasteiger charge is 2.43. The van der Waals surface area contributed by atoms with Crippen LogP contribution in [0.1, 0.15) is 40.0 Å². The molecule has 2 rings (SSSR count). The number of hydrogen-bond donors (Lipinski definition) is 1. The molecule has 1 unspecified atom stereocenters. The third-order valence-corrected chi connectivity index (χ3v) is 3.63. The molecule has 2 heterocycles. The fourth-order valence-corrected chi connectivity index (χ4v) is 2.61. The zero-order valence-electron chi connectivity index (χ0n) is 11.4. The fourth-order valence-electron chi connectivity index (χ4n) is 2.61. The van der Waals surface area contributed by atoms with E-state index in [-0.39, 0.29) is 17.4 Å². The second-order valence-electron chi connectivity index (χ2n) is 6.43. The Labute approximate surface area is 108 Å². The topological polar surface area (TPSA) is 58.6 Å². The first kappa shape index (κ1) is 13.2. The van der Waals surface area contributed by atoms with Crippen LogP contribution < -0.4 is 5.32 Å². The van der Waals surface area contributed by atoms with Gasteiger partial charge in [0.2, 0.25) is 5.91 Å². The molecule has 5 heteroatoms. The minimum Gasteiger partial charge on any atom is -0.444 e. The van der Waals surface area contributed by atoms with Gasteiger partial charge in [-0.1, -0.05) is 0 Å². The molecule has 0 aromatic rings. The zero-order chi connectivity index (χ0) is 13.4. The second kappa shape index (κ2) is 4.44. The predicted octanol–water partition coefficient (Wildman–Crippen LogP) is 1.52. The van der Waals surface area contributed by atoms with Crippen LogP contribution in [-0.2, 0) is 9.53 Å². The van der Waals surface area contributed by atoms with Crippen molar-refractivity contribution in [3.63, 3.8) is 0 Å². The molecule has 2 saturated heterocycles. The van der Waals surface area contributed by atoms with Crippen molar-refractivity contribution in [3.8, 4) is 0 Å². The third-order valence-electron chi connectivity index (χ3n) is 3.63. The van der Waals surface area contributed by atoms with Gasteiger partial charge in [0.25, 0.3) is 0 Å². The molecular formula is C13H22N2O3. The van der Waals surface area contributed by atoms with Crippen LogP contribution in [0.25, 0.3) is 0 Å². The summed E-state index contributed by atoms with van der Waals surface area (Å²) in [5.74, 6) is 0.122. The van der Waals surface area contributed by atoms with E-state index in [9.17, 15) is 9.59 Å². The Kier molecular flexibility index (Phi) is 3.25. The molecule has 2 fully saturated rings. The predicted molar refractivity (Wildman–Crippen MR) is 67.1 cm³/mol. The van der Waals surface area contributed by atoms with Crippen molar-refractivity contribution < 1.29 is 14.3 Å². The average molecular weight is 254 g/mol. The molecule has 0 aliphatic carbocycles. The van der Waals surface area contributed by atoms with Gasteiger partial charge in [-0.2, -0.15) is 0 Å². The second-order valence-corrected chi connectivity index (χ2v) is 6.43. The highest BCUT2D eigenvalue weighted by atomic mass is 16.6. The summed E-state index contributed by atoms with van der Waals surface area (Å²) in [4.78, 5) is 24.9. The Balaban J connectivity index is 1.92. The number of hydrogen-bond acceptors (Lipinski definition) is 3. The number of nitrogens with zero attached hydrogens (tertiary/aromatic N) is 1. The molecule has 102 valence electrons. The normalized spacial score (nSPS) is 28.4. The van der Waals surface area contributed by atoms with E-state index in [1.165, 1.54) is 0 Å². The summed E-state index contributed by atoms with van der Waals surface area (Å²) in [6.07, 6.45) is 2.16. The number of nitrogens with one attached hydrogen (secondary N) is 1. The smallest absolute Gasteiger partial charge is 0.410 e. The van der Waals surface area contributed by atoms with Gasteiger partial charge >= 0.3 is 6.09 Å². The first-order valence-electron chi connectivity index (χ1n) is 6.54. The lowest BCUT2D eigenvalue weighted by molar-refractivity contribution is -0.124. The summed E-state index contributed by atoms with van der Waals surface area (Å²) < 4.78 is 5.38. The minimum atomic E-state index is -0.451. The maximum Gasteiger partial charge on any atom is 0.410 e. The van der Waals surface area contributed by atoms with E-state index in [4.69, 9.17) is 4.74 Å². The number of amides is 2. The van der Waals surface area contributed by atoms with Gasteiger partial charge < -0.3 is 15.0 Å². The van der Waals surface area contributed by atoms with Crippen LogP contribution in [0.4, 0.5) is 4.79 Å². The Morgan fingerprint density at radius 3 is 2.67 bits per heavy atom. The Morgan fingerprint density at radius 2 is 2.11 bits per heavy atom. The number of carbonyl (C=O) groups excluding carboxylic acids is 2. The summed E-state index contributed by atoms with van der Waals surface area (Å²) >= 11 is 0. The Bertz CT molecular complexity index is 350. The molecule has 1 atom stereocenters. The van der Waals surface area contributed by atoms with Gasteiger partial charge in [-0.15, -0.1) is 0 Å². The van der Waals surface area contributed by atoms with Crippen LogP contribution in [0.15, 0.2) is 0 Å². The van der Waals surface area contributed by atoms with Crippen molar-refractivity contribution in [1.82, 2.24) is 10.2 Å². The largest absolute Gasteiger partial charge is 0.444 e. The van der Waals surface area contributed by atoms with Crippen molar-refractivity contribution in [1.29, 1.82) is 0 Å². The number of piperidine rings is 1. The lowest BCUT2D eigenvalue weighted by Crippen LogP contribution is -2.45. The van der Waals surface area contributed by atoms with Crippen LogP contribution in [0.5, 0.6) is 0 Å². The van der Waals surface area contributed by atoms with Crippen LogP contribution in [0.3, 0.4) is 0 Å². The summed E-state index contributed by atoms with van der Waals surface area (Å²) in [6.45, 7) is 7.73. The van der Waals surface area contributed by atoms with Gasteiger partial charge in [0, 0.05) is 31.5 Å². The van der Waals surface area contributed by atoms with Gasteiger partial charge in [-0.3, -0.25) is 4.79 Å². The molecule has 2 aliphatic heterocycles. The number of ether oxygens (including phenoxy) is 1. The molecule has 18 heavy (non-hydrogen) atoms. The van der Waals surface area contributed by atoms with Gasteiger partial charge in [0.05, 0.1) is 0 Å². The SMILES string of the molecule is CC(C)(C)OC(=O)N1CCC2(CCC(=O)NC2)C1. The Morgan fingerprint density at radius 1 is 1.39 bits per heavy atom. The molecule has 2 aliphatic rings. The van der Waals surface area contributed by atoms with E-state index >= 15 is 0 Å². The molecular weight excluding hydrogens is 232 g/mol. The molecule has 0 aromatic heterocycles. The first-order valence-corrected chi connectivity index (χ1v) is 6.54. The van der Waals surface area contributed by atoms with Crippen LogP contribution in [0, 0.1) is 5.41 Å². The average Bonchev–Trinajstić information content (AvgIpc) is 2.65. The van der Waals surface area contributed by atoms with Gasteiger partial charge in [-0.25, -0.2) is 4.79 Å². The molecule has 0 radical (unpaired) electrons. The fraction of sp³-hybridized carbons (Fsp3) is 0.846. The van der Waals surface area contributed by atoms with Crippen LogP contribution >= 0.6 is 0 Å². The van der Waals surface area contributed by atoms with Gasteiger partial charge in [0.1, 0.15) is 5.60 Å². The van der Waals surface area contributed by atoms with E-state index in [0.717, 1.165) is 19.4 Å². The van der Waals surface area contributed by atoms with Gasteiger partial charge in [-0.05, 0) is 33.6 Å². The minimum absolute atomic E-state index is 0.0742. The van der Waals surface area contributed by atoms with Gasteiger partial charge in [0.15, 0.2) is 0 Å². The summed E-state index contributed by atoms with van der Waals surface area (Å²) in [5.41, 5.74) is -0.377. The van der Waals surface area contributed by atoms with Crippen LogP contribution in [0.2, 0.25) is 0 Å². The summed E-state index contributed by atoms with van der Waals surface area (Å²) in [5, 5.41) is 2.90. The van der Waals surface area contributed by atoms with Crippen molar-refractivity contribution in [3.05, 3.63) is 0 Å². The van der Waals surface area contributed by atoms with Crippen molar-refractivity contribution in [2.24, 2.45) is 5.41 Å². The van der Waals surface area contributed by atoms with E-state index in [1.807, 2.05) is 20.8 Å². The highest BCUT2D eigenvalue weighted by Crippen LogP contribution is 2.37. The Hall–Kier alpha value is -1.26.